The summed E-state index contributed by atoms with van der Waals surface area (Å²) >= 11 is 0. The summed E-state index contributed by atoms with van der Waals surface area (Å²) in [5.41, 5.74) is 0. The van der Waals surface area contributed by atoms with Crippen molar-refractivity contribution in [3.63, 3.8) is 0 Å². The van der Waals surface area contributed by atoms with E-state index in [0.717, 1.165) is 0 Å². The molecular weight excluding hydrogens is 250 g/mol. The van der Waals surface area contributed by atoms with Crippen LogP contribution in [0.4, 0.5) is 0 Å². The number of hydrogen-bond acceptors (Lipinski definition) is 5. The van der Waals surface area contributed by atoms with Gasteiger partial charge < -0.3 is 18.9 Å². The molecule has 0 aromatic carbocycles. The van der Waals surface area contributed by atoms with Crippen LogP contribution in [-0.2, 0) is 35.8 Å². The van der Waals surface area contributed by atoms with Gasteiger partial charge in [-0.1, -0.05) is 0 Å². The van der Waals surface area contributed by atoms with Crippen molar-refractivity contribution in [3.8, 4) is 0 Å². The average molecular weight is 252 g/mol. The monoisotopic (exact) mass is 251 g/mol. The van der Waals surface area contributed by atoms with Gasteiger partial charge in [0.05, 0.1) is 0 Å². The Labute approximate surface area is 62.5 Å². The second kappa shape index (κ2) is 6.20. The largest absolute Gasteiger partial charge is 2.00 e. The Balaban J connectivity index is 0. The van der Waals surface area contributed by atoms with Gasteiger partial charge in [-0.15, -0.1) is 0 Å². The molecule has 0 aliphatic rings. The molecule has 8 heteroatoms. The Morgan fingerprint density at radius 1 is 1.12 bits per heavy atom. The summed E-state index contributed by atoms with van der Waals surface area (Å²) < 4.78 is 21.8. The predicted octanol–water partition coefficient (Wildman–Crippen LogP) is -1.50. The molecule has 0 fully saturated rings. The van der Waals surface area contributed by atoms with Crippen molar-refractivity contribution >= 4 is 16.5 Å². The minimum absolute atomic E-state index is 0. The SMILES string of the molecule is O=[PH]([O-])O[PH](=O)[O-].[Ag+2]. The fraction of sp³-hybridized carbons (Fsp3) is 0. The van der Waals surface area contributed by atoms with E-state index in [4.69, 9.17) is 0 Å². The van der Waals surface area contributed by atoms with Crippen LogP contribution < -0.4 is 9.79 Å². The maximum absolute atomic E-state index is 9.29. The summed E-state index contributed by atoms with van der Waals surface area (Å²) in [6, 6.07) is 0. The quantitative estimate of drug-likeness (QED) is 0.440. The summed E-state index contributed by atoms with van der Waals surface area (Å²) in [6.07, 6.45) is 0. The fourth-order valence-corrected chi connectivity index (χ4v) is 0.612. The van der Waals surface area contributed by atoms with Crippen molar-refractivity contribution in [1.29, 1.82) is 0 Å². The molecule has 0 spiro atoms. The van der Waals surface area contributed by atoms with Crippen molar-refractivity contribution in [1.82, 2.24) is 0 Å². The van der Waals surface area contributed by atoms with Crippen molar-refractivity contribution < 1.29 is 45.6 Å². The first-order valence-electron chi connectivity index (χ1n) is 1.22. The van der Waals surface area contributed by atoms with Gasteiger partial charge in [-0.05, 0) is 0 Å². The molecule has 8 heavy (non-hydrogen) atoms. The summed E-state index contributed by atoms with van der Waals surface area (Å²) in [5, 5.41) is 0. The van der Waals surface area contributed by atoms with Crippen molar-refractivity contribution in [2.45, 2.75) is 0 Å². The van der Waals surface area contributed by atoms with Crippen LogP contribution >= 0.6 is 16.5 Å². The Bertz CT molecular complexity index is 86.6. The third-order valence-corrected chi connectivity index (χ3v) is 1.50. The van der Waals surface area contributed by atoms with Crippen molar-refractivity contribution in [2.24, 2.45) is 0 Å². The normalized spacial score (nSPS) is 16.2. The van der Waals surface area contributed by atoms with Crippen LogP contribution in [0.2, 0.25) is 0 Å². The summed E-state index contributed by atoms with van der Waals surface area (Å²) in [6.45, 7) is 0. The Hall–Kier alpha value is 1.08. The standard InChI is InChI=1S/Ag.H4O5P2/c;1-6(2)5-7(3)4/h;6-7H,(H,1,2)(H,3,4)/q+2;/p-2. The second-order valence-corrected chi connectivity index (χ2v) is 2.42. The molecule has 0 aliphatic heterocycles. The molecule has 2 unspecified atom stereocenters. The maximum Gasteiger partial charge on any atom is 2.00 e. The molecular formula is H2AgO5P2. The van der Waals surface area contributed by atoms with Gasteiger partial charge in [0.15, 0.2) is 0 Å². The Kier molecular flexibility index (Phi) is 9.17. The van der Waals surface area contributed by atoms with Gasteiger partial charge in [-0.3, -0.25) is 4.31 Å². The first-order chi connectivity index (χ1) is 3.13. The second-order valence-electron chi connectivity index (χ2n) is 0.602. The zero-order chi connectivity index (χ0) is 5.86. The van der Waals surface area contributed by atoms with Crippen LogP contribution in [0.1, 0.15) is 0 Å². The van der Waals surface area contributed by atoms with Gasteiger partial charge in [0, 0.05) is 0 Å². The molecule has 5 nitrogen and oxygen atoms in total. The van der Waals surface area contributed by atoms with E-state index in [-0.39, 0.29) is 22.4 Å². The zero-order valence-electron chi connectivity index (χ0n) is 3.34. The number of rotatable bonds is 2. The van der Waals surface area contributed by atoms with E-state index in [1.54, 1.807) is 0 Å². The van der Waals surface area contributed by atoms with Crippen LogP contribution in [0.5, 0.6) is 0 Å². The predicted molar refractivity (Wildman–Crippen MR) is 19.1 cm³/mol. The van der Waals surface area contributed by atoms with E-state index >= 15 is 0 Å². The molecule has 0 aliphatic carbocycles. The molecule has 0 heterocycles. The molecule has 0 saturated carbocycles. The van der Waals surface area contributed by atoms with E-state index in [0.29, 0.717) is 0 Å². The van der Waals surface area contributed by atoms with Crippen LogP contribution in [-0.4, -0.2) is 0 Å². The van der Waals surface area contributed by atoms with Crippen LogP contribution in [0.3, 0.4) is 0 Å². The molecule has 0 rings (SSSR count). The molecule has 0 aromatic heterocycles. The fourth-order valence-electron chi connectivity index (χ4n) is 0.0680. The third-order valence-electron chi connectivity index (χ3n) is 0.167. The van der Waals surface area contributed by atoms with E-state index in [2.05, 4.69) is 4.31 Å². The van der Waals surface area contributed by atoms with Crippen LogP contribution in [0.15, 0.2) is 0 Å². The van der Waals surface area contributed by atoms with Crippen molar-refractivity contribution in [2.75, 3.05) is 0 Å². The number of hydrogen-bond donors (Lipinski definition) is 0. The molecule has 0 saturated heterocycles. The van der Waals surface area contributed by atoms with Gasteiger partial charge in [0.25, 0.3) is 0 Å². The topological polar surface area (TPSA) is 89.5 Å². The maximum atomic E-state index is 9.29. The molecule has 0 amide bonds. The molecule has 53 valence electrons. The first-order valence-corrected chi connectivity index (χ1v) is 3.67. The zero-order valence-corrected chi connectivity index (χ0v) is 6.83. The van der Waals surface area contributed by atoms with Gasteiger partial charge in [-0.25, -0.2) is 0 Å². The summed E-state index contributed by atoms with van der Waals surface area (Å²) in [7, 11) is -7.03. The first kappa shape index (κ1) is 11.8. The Morgan fingerprint density at radius 2 is 1.38 bits per heavy atom. The Morgan fingerprint density at radius 3 is 1.38 bits per heavy atom. The van der Waals surface area contributed by atoms with E-state index in [1.165, 1.54) is 0 Å². The van der Waals surface area contributed by atoms with Crippen LogP contribution in [0.25, 0.3) is 0 Å². The van der Waals surface area contributed by atoms with E-state index < -0.39 is 16.5 Å². The molecule has 1 radical (unpaired) electrons. The molecule has 0 aromatic rings. The minimum Gasteiger partial charge on any atom is -0.781 e. The summed E-state index contributed by atoms with van der Waals surface area (Å²) in [4.78, 5) is 18.6. The average Bonchev–Trinajstić information content (AvgIpc) is 1.27. The molecule has 2 atom stereocenters. The van der Waals surface area contributed by atoms with E-state index in [1.807, 2.05) is 0 Å². The molecule has 0 N–H and O–H groups in total. The van der Waals surface area contributed by atoms with E-state index in [9.17, 15) is 18.9 Å². The van der Waals surface area contributed by atoms with Gasteiger partial charge in [0.1, 0.15) is 16.5 Å². The minimum atomic E-state index is -3.51. The smallest absolute Gasteiger partial charge is 0.781 e. The third kappa shape index (κ3) is 10.1. The van der Waals surface area contributed by atoms with Gasteiger partial charge >= 0.3 is 22.4 Å². The van der Waals surface area contributed by atoms with Gasteiger partial charge in [-0.2, -0.15) is 0 Å². The van der Waals surface area contributed by atoms with Crippen molar-refractivity contribution in [3.05, 3.63) is 0 Å². The van der Waals surface area contributed by atoms with Crippen LogP contribution in [0, 0.1) is 0 Å². The summed E-state index contributed by atoms with van der Waals surface area (Å²) in [5.74, 6) is 0. The van der Waals surface area contributed by atoms with Gasteiger partial charge in [0.2, 0.25) is 0 Å². The molecule has 0 bridgehead atoms.